The van der Waals surface area contributed by atoms with Gasteiger partial charge in [-0.15, -0.1) is 29.1 Å². The maximum atomic E-state index is 6.16. The monoisotopic (exact) mass is 991 g/mol. The molecule has 0 saturated carbocycles. The minimum Gasteiger partial charge on any atom is -0.305 e. The van der Waals surface area contributed by atoms with Gasteiger partial charge in [0.1, 0.15) is 0 Å². The molecule has 8 aromatic rings. The maximum absolute atomic E-state index is 6.16. The number of nitrogens with zero attached hydrogens (tertiary/aromatic N) is 2. The molecule has 3 aromatic heterocycles. The zero-order valence-electron chi connectivity index (χ0n) is 34.3. The Hall–Kier alpha value is -4.13. The van der Waals surface area contributed by atoms with Gasteiger partial charge in [0.2, 0.25) is 0 Å². The zero-order valence-corrected chi connectivity index (χ0v) is 39.8. The summed E-state index contributed by atoms with van der Waals surface area (Å²) in [5.74, 6) is 7.73. The van der Waals surface area contributed by atoms with E-state index in [1.165, 1.54) is 37.0 Å². The number of fused-ring (bicyclic) bond motifs is 4. The van der Waals surface area contributed by atoms with Crippen molar-refractivity contribution in [2.24, 2.45) is 5.41 Å². The van der Waals surface area contributed by atoms with Gasteiger partial charge in [-0.25, -0.2) is 0 Å². The van der Waals surface area contributed by atoms with E-state index >= 15 is 0 Å². The van der Waals surface area contributed by atoms with Gasteiger partial charge in [0, 0.05) is 32.5 Å². The Labute approximate surface area is 350 Å². The van der Waals surface area contributed by atoms with Crippen molar-refractivity contribution in [1.82, 2.24) is 9.97 Å². The fourth-order valence-corrected chi connectivity index (χ4v) is 10.3. The first-order valence-corrected chi connectivity index (χ1v) is 30.2. The van der Waals surface area contributed by atoms with Gasteiger partial charge in [0.25, 0.3) is 0 Å². The molecule has 0 N–H and O–H groups in total. The van der Waals surface area contributed by atoms with Crippen molar-refractivity contribution >= 4 is 63.6 Å². The minimum atomic E-state index is -1.82. The minimum absolute atomic E-state index is 0. The number of hydrogen-bond acceptors (Lipinski definition) is 3. The first-order chi connectivity index (χ1) is 26.0. The summed E-state index contributed by atoms with van der Waals surface area (Å²) in [5.41, 5.74) is 9.71. The summed E-state index contributed by atoms with van der Waals surface area (Å²) in [6, 6.07) is 47.8. The van der Waals surface area contributed by atoms with E-state index in [9.17, 15) is 0 Å². The Kier molecular flexibility index (Phi) is 12.1. The van der Waals surface area contributed by atoms with E-state index in [1.807, 2.05) is 24.5 Å². The van der Waals surface area contributed by atoms with Gasteiger partial charge in [-0.1, -0.05) is 94.7 Å². The standard InChI is InChI=1S/C32H34GeNO.C18H18NSi.Ir/c1-21(32(2,3)4)23-16-17-34-29(20-23)25-11-15-31-28(19-25)27-18-24(10-14-30(27)35-31)22-8-12-26(13-9-22)33(5,6)7;1-20(2,3)17-10-11-18(19-13-17)16-9-8-14-6-4-5-7-15(14)12-16;/h8-10,12-21H,1-7H3;4-8,10-13H,1-3H3;/q2*-1;. The van der Waals surface area contributed by atoms with Crippen LogP contribution in [0.2, 0.25) is 36.9 Å². The average Bonchev–Trinajstić information content (AvgIpc) is 3.54. The van der Waals surface area contributed by atoms with Gasteiger partial charge in [0.15, 0.2) is 0 Å². The van der Waals surface area contributed by atoms with Crippen molar-refractivity contribution in [1.29, 1.82) is 0 Å². The van der Waals surface area contributed by atoms with E-state index in [4.69, 9.17) is 4.42 Å². The van der Waals surface area contributed by atoms with Crippen LogP contribution in [-0.4, -0.2) is 31.3 Å². The van der Waals surface area contributed by atoms with Crippen LogP contribution < -0.4 is 9.58 Å². The van der Waals surface area contributed by atoms with Crippen molar-refractivity contribution in [3.63, 3.8) is 0 Å². The molecule has 8 rings (SSSR count). The third-order valence-corrected chi connectivity index (χ3v) is 17.3. The molecular weight excluding hydrogens is 937 g/mol. The number of furan rings is 1. The number of aromatic nitrogens is 2. The summed E-state index contributed by atoms with van der Waals surface area (Å²) in [5, 5.41) is 6.08. The summed E-state index contributed by atoms with van der Waals surface area (Å²) in [6.07, 6.45) is 3.95. The second kappa shape index (κ2) is 16.4. The van der Waals surface area contributed by atoms with E-state index in [2.05, 4.69) is 190 Å². The molecule has 0 aliphatic rings. The molecule has 1 unspecified atom stereocenters. The van der Waals surface area contributed by atoms with Crippen LogP contribution in [0.25, 0.3) is 66.4 Å². The molecule has 0 aliphatic heterocycles. The normalized spacial score (nSPS) is 12.6. The molecule has 56 heavy (non-hydrogen) atoms. The SMILES string of the molecule is CC(c1ccnc(-c2[c-]cc3oc4ccc(-c5cc[c]([Ge]([CH3])([CH3])[CH3])cc5)cc4c3c2)c1)C(C)(C)C.C[Si](C)(C)c1ccc(-c2[c-]cc3ccccc3c2)nc1.[Ir]. The summed E-state index contributed by atoms with van der Waals surface area (Å²) in [4.78, 5) is 9.31. The van der Waals surface area contributed by atoms with Gasteiger partial charge in [-0.3, -0.25) is 0 Å². The predicted octanol–water partition coefficient (Wildman–Crippen LogP) is 13.1. The van der Waals surface area contributed by atoms with Crippen molar-refractivity contribution in [3.8, 4) is 33.6 Å². The van der Waals surface area contributed by atoms with Crippen LogP contribution in [0, 0.1) is 17.5 Å². The van der Waals surface area contributed by atoms with Crippen molar-refractivity contribution in [2.75, 3.05) is 0 Å². The average molecular weight is 990 g/mol. The van der Waals surface area contributed by atoms with Gasteiger partial charge in [-0.2, -0.15) is 0 Å². The number of rotatable bonds is 6. The van der Waals surface area contributed by atoms with Crippen molar-refractivity contribution in [2.45, 2.75) is 70.5 Å². The van der Waals surface area contributed by atoms with Gasteiger partial charge < -0.3 is 4.98 Å². The van der Waals surface area contributed by atoms with Crippen LogP contribution in [-0.2, 0) is 20.1 Å². The Bertz CT molecular complexity index is 2610. The fraction of sp³-hybridized carbons (Fsp3) is 0.240. The molecule has 3 heterocycles. The molecule has 0 fully saturated rings. The smallest absolute Gasteiger partial charge is 0.305 e. The van der Waals surface area contributed by atoms with Crippen LogP contribution >= 0.6 is 0 Å². The molecule has 1 atom stereocenters. The van der Waals surface area contributed by atoms with Gasteiger partial charge in [0.05, 0.1) is 8.07 Å². The van der Waals surface area contributed by atoms with E-state index in [-0.39, 0.29) is 25.5 Å². The molecule has 287 valence electrons. The molecule has 0 bridgehead atoms. The van der Waals surface area contributed by atoms with Crippen molar-refractivity contribution < 1.29 is 24.5 Å². The quantitative estimate of drug-likeness (QED) is 0.123. The summed E-state index contributed by atoms with van der Waals surface area (Å²) >= 11 is -1.82. The Morgan fingerprint density at radius 2 is 1.32 bits per heavy atom. The second-order valence-electron chi connectivity index (χ2n) is 18.0. The molecule has 3 nitrogen and oxygen atoms in total. The molecule has 0 aliphatic carbocycles. The summed E-state index contributed by atoms with van der Waals surface area (Å²) < 4.78 is 7.69. The topological polar surface area (TPSA) is 38.9 Å². The summed E-state index contributed by atoms with van der Waals surface area (Å²) in [6.45, 7) is 16.1. The molecule has 5 aromatic carbocycles. The summed E-state index contributed by atoms with van der Waals surface area (Å²) in [7, 11) is -1.27. The van der Waals surface area contributed by atoms with Crippen LogP contribution in [0.4, 0.5) is 0 Å². The van der Waals surface area contributed by atoms with E-state index < -0.39 is 21.3 Å². The van der Waals surface area contributed by atoms with Crippen LogP contribution in [0.5, 0.6) is 0 Å². The molecule has 1 radical (unpaired) electrons. The third-order valence-electron chi connectivity index (χ3n) is 10.9. The van der Waals surface area contributed by atoms with Crippen LogP contribution in [0.3, 0.4) is 0 Å². The molecular formula is C50H52GeIrN2OSi-2. The predicted molar refractivity (Wildman–Crippen MR) is 241 cm³/mol. The Balaban J connectivity index is 0.000000215. The van der Waals surface area contributed by atoms with E-state index in [0.717, 1.165) is 44.5 Å². The van der Waals surface area contributed by atoms with Crippen LogP contribution in [0.15, 0.2) is 132 Å². The number of hydrogen-bond donors (Lipinski definition) is 0. The number of pyridine rings is 2. The zero-order chi connectivity index (χ0) is 39.1. The van der Waals surface area contributed by atoms with Crippen LogP contribution in [0.1, 0.15) is 39.2 Å². The molecule has 0 amide bonds. The fourth-order valence-electron chi connectivity index (χ4n) is 6.85. The molecule has 0 saturated heterocycles. The van der Waals surface area contributed by atoms with Gasteiger partial charge in [-0.05, 0) is 28.3 Å². The van der Waals surface area contributed by atoms with Crippen molar-refractivity contribution in [3.05, 3.63) is 145 Å². The molecule has 0 spiro atoms. The first kappa shape index (κ1) is 41.5. The first-order valence-electron chi connectivity index (χ1n) is 19.4. The van der Waals surface area contributed by atoms with E-state index in [0.29, 0.717) is 5.92 Å². The Morgan fingerprint density at radius 1 is 0.661 bits per heavy atom. The van der Waals surface area contributed by atoms with E-state index in [1.54, 1.807) is 0 Å². The number of benzene rings is 5. The second-order valence-corrected chi connectivity index (χ2v) is 33.7. The third kappa shape index (κ3) is 9.19. The van der Waals surface area contributed by atoms with Gasteiger partial charge >= 0.3 is 155 Å². The molecule has 6 heteroatoms. The Morgan fingerprint density at radius 3 is 1.98 bits per heavy atom.